The topological polar surface area (TPSA) is 37.3 Å². The van der Waals surface area contributed by atoms with Crippen molar-refractivity contribution in [1.82, 2.24) is 0 Å². The lowest BCUT2D eigenvalue weighted by atomic mass is 10.2. The number of carboxylic acids is 1. The fraction of sp³-hybridized carbons (Fsp3) is 0. The molecule has 0 aliphatic rings. The lowest BCUT2D eigenvalue weighted by Gasteiger charge is -1.92. The first-order valence-electron chi connectivity index (χ1n) is 3.27. The molecule has 0 fully saturated rings. The first kappa shape index (κ1) is 8.46. The molecule has 0 amide bonds. The molecule has 1 aromatic carbocycles. The Labute approximate surface area is 69.0 Å². The summed E-state index contributed by atoms with van der Waals surface area (Å²) < 4.78 is 12.8. The number of rotatable bonds is 2. The summed E-state index contributed by atoms with van der Waals surface area (Å²) in [6.07, 6.45) is 2.09. The van der Waals surface area contributed by atoms with Gasteiger partial charge in [-0.25, -0.2) is 9.18 Å². The maximum Gasteiger partial charge on any atom is 0.328 e. The third-order valence-electron chi connectivity index (χ3n) is 1.25. The van der Waals surface area contributed by atoms with E-state index in [-0.39, 0.29) is 5.56 Å². The molecular weight excluding hydrogens is 159 g/mol. The number of carbonyl (C=O) groups is 1. The highest BCUT2D eigenvalue weighted by atomic mass is 19.1. The molecule has 0 unspecified atom stereocenters. The van der Waals surface area contributed by atoms with Gasteiger partial charge in [0.15, 0.2) is 0 Å². The van der Waals surface area contributed by atoms with Crippen LogP contribution in [0.15, 0.2) is 24.3 Å². The Kier molecular flexibility index (Phi) is 2.58. The summed E-state index contributed by atoms with van der Waals surface area (Å²) in [5.41, 5.74) is 0.246. The molecule has 0 saturated heterocycles. The van der Waals surface area contributed by atoms with Crippen LogP contribution in [0.5, 0.6) is 0 Å². The van der Waals surface area contributed by atoms with Gasteiger partial charge in [-0.05, 0) is 18.2 Å². The molecule has 61 valence electrons. The smallest absolute Gasteiger partial charge is 0.328 e. The molecule has 2 nitrogen and oxygen atoms in total. The third kappa shape index (κ3) is 2.20. The van der Waals surface area contributed by atoms with E-state index in [2.05, 4.69) is 6.07 Å². The molecule has 1 rings (SSSR count). The molecule has 1 radical (unpaired) electrons. The highest BCUT2D eigenvalue weighted by molar-refractivity contribution is 5.85. The maximum absolute atomic E-state index is 12.8. The summed E-state index contributed by atoms with van der Waals surface area (Å²) in [7, 11) is 0. The van der Waals surface area contributed by atoms with Gasteiger partial charge in [0.2, 0.25) is 0 Å². The molecular formula is C9H6FO2. The van der Waals surface area contributed by atoms with E-state index in [1.165, 1.54) is 18.2 Å². The second-order valence-corrected chi connectivity index (χ2v) is 2.12. The van der Waals surface area contributed by atoms with Crippen LogP contribution in [0.2, 0.25) is 0 Å². The fourth-order valence-electron chi connectivity index (χ4n) is 0.718. The molecule has 0 aliphatic carbocycles. The lowest BCUT2D eigenvalue weighted by Crippen LogP contribution is -1.87. The van der Waals surface area contributed by atoms with E-state index < -0.39 is 11.8 Å². The second-order valence-electron chi connectivity index (χ2n) is 2.12. The minimum absolute atomic E-state index is 0.246. The SMILES string of the molecule is O=C(O)C=Cc1cc[c]cc1F. The molecule has 0 atom stereocenters. The van der Waals surface area contributed by atoms with Gasteiger partial charge in [-0.15, -0.1) is 0 Å². The van der Waals surface area contributed by atoms with Crippen molar-refractivity contribution in [3.8, 4) is 0 Å². The number of aliphatic carboxylic acids is 1. The number of halogens is 1. The van der Waals surface area contributed by atoms with Crippen molar-refractivity contribution in [1.29, 1.82) is 0 Å². The van der Waals surface area contributed by atoms with Crippen molar-refractivity contribution in [2.24, 2.45) is 0 Å². The van der Waals surface area contributed by atoms with Gasteiger partial charge < -0.3 is 5.11 Å². The van der Waals surface area contributed by atoms with Crippen LogP contribution in [0.3, 0.4) is 0 Å². The van der Waals surface area contributed by atoms with Crippen LogP contribution in [-0.4, -0.2) is 11.1 Å². The van der Waals surface area contributed by atoms with E-state index in [1.54, 1.807) is 0 Å². The molecule has 3 heteroatoms. The van der Waals surface area contributed by atoms with Crippen LogP contribution in [-0.2, 0) is 4.79 Å². The van der Waals surface area contributed by atoms with E-state index >= 15 is 0 Å². The summed E-state index contributed by atoms with van der Waals surface area (Å²) in [6.45, 7) is 0. The van der Waals surface area contributed by atoms with Gasteiger partial charge in [0, 0.05) is 11.6 Å². The Morgan fingerprint density at radius 3 is 3.00 bits per heavy atom. The molecule has 0 spiro atoms. The summed E-state index contributed by atoms with van der Waals surface area (Å²) in [4.78, 5) is 10.1. The van der Waals surface area contributed by atoms with E-state index in [0.717, 1.165) is 12.1 Å². The number of hydrogen-bond donors (Lipinski definition) is 1. The predicted octanol–water partition coefficient (Wildman–Crippen LogP) is 1.72. The highest BCUT2D eigenvalue weighted by Gasteiger charge is 1.95. The van der Waals surface area contributed by atoms with Crippen LogP contribution in [0, 0.1) is 11.9 Å². The molecule has 12 heavy (non-hydrogen) atoms. The molecule has 0 aromatic heterocycles. The molecule has 1 N–H and O–H groups in total. The maximum atomic E-state index is 12.8. The van der Waals surface area contributed by atoms with Crippen LogP contribution in [0.25, 0.3) is 6.08 Å². The van der Waals surface area contributed by atoms with Crippen molar-refractivity contribution in [3.63, 3.8) is 0 Å². The standard InChI is InChI=1S/C9H6FO2/c10-8-4-2-1-3-7(8)5-6-9(11)12/h1,3-6H,(H,11,12). The van der Waals surface area contributed by atoms with Gasteiger partial charge in [-0.2, -0.15) is 0 Å². The zero-order chi connectivity index (χ0) is 8.97. The molecule has 0 heterocycles. The van der Waals surface area contributed by atoms with Crippen molar-refractivity contribution in [2.45, 2.75) is 0 Å². The number of hydrogen-bond acceptors (Lipinski definition) is 1. The van der Waals surface area contributed by atoms with Gasteiger partial charge in [0.05, 0.1) is 0 Å². The predicted molar refractivity (Wildman–Crippen MR) is 41.9 cm³/mol. The molecule has 0 saturated carbocycles. The van der Waals surface area contributed by atoms with Gasteiger partial charge in [0.1, 0.15) is 5.82 Å². The average Bonchev–Trinajstić information content (AvgIpc) is 2.03. The molecule has 1 aromatic rings. The van der Waals surface area contributed by atoms with Gasteiger partial charge >= 0.3 is 5.97 Å². The molecule has 0 bridgehead atoms. The minimum Gasteiger partial charge on any atom is -0.478 e. The fourth-order valence-corrected chi connectivity index (χ4v) is 0.718. The minimum atomic E-state index is -1.10. The summed E-state index contributed by atoms with van der Waals surface area (Å²) in [5.74, 6) is -1.57. The summed E-state index contributed by atoms with van der Waals surface area (Å²) in [5, 5.41) is 8.25. The van der Waals surface area contributed by atoms with E-state index in [0.29, 0.717) is 0 Å². The zero-order valence-corrected chi connectivity index (χ0v) is 6.12. The van der Waals surface area contributed by atoms with Crippen molar-refractivity contribution in [3.05, 3.63) is 41.7 Å². The van der Waals surface area contributed by atoms with Gasteiger partial charge in [0.25, 0.3) is 0 Å². The normalized spacial score (nSPS) is 10.4. The second kappa shape index (κ2) is 3.67. The Bertz CT molecular complexity index is 318. The monoisotopic (exact) mass is 165 g/mol. The van der Waals surface area contributed by atoms with Crippen molar-refractivity contribution < 1.29 is 14.3 Å². The third-order valence-corrected chi connectivity index (χ3v) is 1.25. The Morgan fingerprint density at radius 1 is 1.67 bits per heavy atom. The Balaban J connectivity index is 2.89. The largest absolute Gasteiger partial charge is 0.478 e. The van der Waals surface area contributed by atoms with Crippen LogP contribution in [0.1, 0.15) is 5.56 Å². The quantitative estimate of drug-likeness (QED) is 0.677. The first-order chi connectivity index (χ1) is 5.70. The number of carboxylic acid groups (broad SMARTS) is 1. The van der Waals surface area contributed by atoms with Crippen molar-refractivity contribution in [2.75, 3.05) is 0 Å². The van der Waals surface area contributed by atoms with E-state index in [1.807, 2.05) is 0 Å². The number of benzene rings is 1. The van der Waals surface area contributed by atoms with Crippen LogP contribution >= 0.6 is 0 Å². The summed E-state index contributed by atoms with van der Waals surface area (Å²) >= 11 is 0. The summed E-state index contributed by atoms with van der Waals surface area (Å²) in [6, 6.07) is 6.66. The van der Waals surface area contributed by atoms with E-state index in [9.17, 15) is 9.18 Å². The van der Waals surface area contributed by atoms with Gasteiger partial charge in [-0.3, -0.25) is 0 Å². The average molecular weight is 165 g/mol. The van der Waals surface area contributed by atoms with Gasteiger partial charge in [-0.1, -0.05) is 12.1 Å². The molecule has 0 aliphatic heterocycles. The van der Waals surface area contributed by atoms with Crippen LogP contribution in [0.4, 0.5) is 4.39 Å². The van der Waals surface area contributed by atoms with E-state index in [4.69, 9.17) is 5.11 Å². The lowest BCUT2D eigenvalue weighted by molar-refractivity contribution is -0.131. The Morgan fingerprint density at radius 2 is 2.42 bits per heavy atom. The Hall–Kier alpha value is -1.64. The first-order valence-corrected chi connectivity index (χ1v) is 3.27. The zero-order valence-electron chi connectivity index (χ0n) is 6.12. The van der Waals surface area contributed by atoms with Crippen molar-refractivity contribution >= 4 is 12.0 Å². The van der Waals surface area contributed by atoms with Crippen LogP contribution < -0.4 is 0 Å². The highest BCUT2D eigenvalue weighted by Crippen LogP contribution is 2.07.